The van der Waals surface area contributed by atoms with Gasteiger partial charge in [-0.25, -0.2) is 0 Å². The van der Waals surface area contributed by atoms with Crippen molar-refractivity contribution in [2.75, 3.05) is 32.1 Å². The fourth-order valence-corrected chi connectivity index (χ4v) is 2.64. The first-order valence-corrected chi connectivity index (χ1v) is 6.99. The van der Waals surface area contributed by atoms with Crippen molar-refractivity contribution < 1.29 is 19.2 Å². The molecule has 1 unspecified atom stereocenters. The second-order valence-electron chi connectivity index (χ2n) is 5.37. The first-order valence-electron chi connectivity index (χ1n) is 6.99. The van der Waals surface area contributed by atoms with Crippen molar-refractivity contribution in [3.05, 3.63) is 24.3 Å². The molecule has 1 amide bonds. The highest BCUT2D eigenvalue weighted by Crippen LogP contribution is 2.14. The van der Waals surface area contributed by atoms with E-state index in [1.165, 1.54) is 4.90 Å². The van der Waals surface area contributed by atoms with Gasteiger partial charge in [-0.1, -0.05) is 0 Å². The topological polar surface area (TPSA) is 52.0 Å². The standard InChI is InChI=1S/C15H22N2O3/c1-11-8-17(9-12(2)20-11)10-15(18)16-13-4-6-14(19-3)7-5-13/h4-7,11-12H,8-10H2,1-3H3,(H,16,18)/p+1/t11-,12+. The minimum absolute atomic E-state index is 0.0338. The number of rotatable bonds is 4. The number of ether oxygens (including phenoxy) is 2. The van der Waals surface area contributed by atoms with Crippen LogP contribution in [0.1, 0.15) is 13.8 Å². The van der Waals surface area contributed by atoms with E-state index >= 15 is 0 Å². The lowest BCUT2D eigenvalue weighted by Crippen LogP contribution is -3.16. The molecule has 0 spiro atoms. The molecule has 5 heteroatoms. The number of carbonyl (C=O) groups is 1. The van der Waals surface area contributed by atoms with E-state index in [-0.39, 0.29) is 18.1 Å². The van der Waals surface area contributed by atoms with Crippen LogP contribution in [0, 0.1) is 0 Å². The number of anilines is 1. The van der Waals surface area contributed by atoms with Crippen LogP contribution in [0.3, 0.4) is 0 Å². The molecule has 1 fully saturated rings. The molecule has 1 heterocycles. The number of methoxy groups -OCH3 is 1. The summed E-state index contributed by atoms with van der Waals surface area (Å²) in [6.07, 6.45) is 0.421. The highest BCUT2D eigenvalue weighted by molar-refractivity contribution is 5.91. The molecule has 0 radical (unpaired) electrons. The quantitative estimate of drug-likeness (QED) is 0.835. The van der Waals surface area contributed by atoms with Crippen LogP contribution in [0.15, 0.2) is 24.3 Å². The molecule has 2 N–H and O–H groups in total. The van der Waals surface area contributed by atoms with Crippen molar-refractivity contribution in [1.29, 1.82) is 0 Å². The van der Waals surface area contributed by atoms with Crippen LogP contribution in [-0.4, -0.2) is 44.9 Å². The number of hydrogen-bond acceptors (Lipinski definition) is 3. The molecule has 1 saturated heterocycles. The maximum absolute atomic E-state index is 12.0. The lowest BCUT2D eigenvalue weighted by molar-refractivity contribution is -0.907. The molecule has 3 atom stereocenters. The Labute approximate surface area is 119 Å². The first-order chi connectivity index (χ1) is 9.56. The van der Waals surface area contributed by atoms with Crippen molar-refractivity contribution in [2.24, 2.45) is 0 Å². The summed E-state index contributed by atoms with van der Waals surface area (Å²) in [6.45, 7) is 6.33. The Balaban J connectivity index is 1.85. The fourth-order valence-electron chi connectivity index (χ4n) is 2.64. The minimum atomic E-state index is 0.0338. The van der Waals surface area contributed by atoms with Crippen LogP contribution >= 0.6 is 0 Å². The maximum Gasteiger partial charge on any atom is 0.279 e. The molecule has 0 saturated carbocycles. The van der Waals surface area contributed by atoms with Gasteiger partial charge in [0.1, 0.15) is 31.0 Å². The molecule has 20 heavy (non-hydrogen) atoms. The van der Waals surface area contributed by atoms with Crippen LogP contribution in [0.2, 0.25) is 0 Å². The summed E-state index contributed by atoms with van der Waals surface area (Å²) in [5.74, 6) is 0.816. The summed E-state index contributed by atoms with van der Waals surface area (Å²) >= 11 is 0. The predicted octanol–water partition coefficient (Wildman–Crippen LogP) is 0.326. The van der Waals surface area contributed by atoms with Crippen LogP contribution in [-0.2, 0) is 9.53 Å². The van der Waals surface area contributed by atoms with Gasteiger partial charge in [0, 0.05) is 5.69 Å². The van der Waals surface area contributed by atoms with Crippen LogP contribution in [0.5, 0.6) is 5.75 Å². The Kier molecular flexibility index (Phi) is 4.98. The SMILES string of the molecule is COc1ccc(NC(=O)C[NH+]2C[C@@H](C)O[C@@H](C)C2)cc1. The van der Waals surface area contributed by atoms with E-state index in [0.717, 1.165) is 24.5 Å². The zero-order valence-corrected chi connectivity index (χ0v) is 12.3. The zero-order chi connectivity index (χ0) is 14.5. The monoisotopic (exact) mass is 279 g/mol. The third-order valence-electron chi connectivity index (χ3n) is 3.40. The highest BCUT2D eigenvalue weighted by atomic mass is 16.5. The summed E-state index contributed by atoms with van der Waals surface area (Å²) in [6, 6.07) is 7.36. The van der Waals surface area contributed by atoms with E-state index in [0.29, 0.717) is 6.54 Å². The van der Waals surface area contributed by atoms with Gasteiger partial charge in [0.15, 0.2) is 6.54 Å². The first kappa shape index (κ1) is 14.8. The average Bonchev–Trinajstić information content (AvgIpc) is 2.38. The Morgan fingerprint density at radius 2 is 1.90 bits per heavy atom. The van der Waals surface area contributed by atoms with Gasteiger partial charge in [-0.3, -0.25) is 4.79 Å². The predicted molar refractivity (Wildman–Crippen MR) is 77.2 cm³/mol. The Hall–Kier alpha value is -1.59. The largest absolute Gasteiger partial charge is 0.497 e. The summed E-state index contributed by atoms with van der Waals surface area (Å²) in [7, 11) is 1.62. The number of amides is 1. The van der Waals surface area contributed by atoms with E-state index in [2.05, 4.69) is 19.2 Å². The molecule has 1 aromatic rings. The van der Waals surface area contributed by atoms with Crippen molar-refractivity contribution >= 4 is 11.6 Å². The zero-order valence-electron chi connectivity index (χ0n) is 12.3. The van der Waals surface area contributed by atoms with E-state index in [1.807, 2.05) is 24.3 Å². The van der Waals surface area contributed by atoms with E-state index in [1.54, 1.807) is 7.11 Å². The number of hydrogen-bond donors (Lipinski definition) is 2. The van der Waals surface area contributed by atoms with Gasteiger partial charge in [-0.15, -0.1) is 0 Å². The molecular weight excluding hydrogens is 256 g/mol. The van der Waals surface area contributed by atoms with Crippen molar-refractivity contribution in [1.82, 2.24) is 0 Å². The molecule has 0 aliphatic carbocycles. The lowest BCUT2D eigenvalue weighted by Gasteiger charge is -2.31. The van der Waals surface area contributed by atoms with Crippen molar-refractivity contribution in [3.8, 4) is 5.75 Å². The molecule has 1 aliphatic rings. The second kappa shape index (κ2) is 6.72. The highest BCUT2D eigenvalue weighted by Gasteiger charge is 2.27. The van der Waals surface area contributed by atoms with Crippen LogP contribution in [0.25, 0.3) is 0 Å². The summed E-state index contributed by atoms with van der Waals surface area (Å²) in [5.41, 5.74) is 0.796. The third kappa shape index (κ3) is 4.21. The van der Waals surface area contributed by atoms with E-state index < -0.39 is 0 Å². The molecule has 110 valence electrons. The van der Waals surface area contributed by atoms with Crippen molar-refractivity contribution in [2.45, 2.75) is 26.1 Å². The van der Waals surface area contributed by atoms with E-state index in [4.69, 9.17) is 9.47 Å². The summed E-state index contributed by atoms with van der Waals surface area (Å²) in [4.78, 5) is 13.3. The lowest BCUT2D eigenvalue weighted by atomic mass is 10.2. The second-order valence-corrected chi connectivity index (χ2v) is 5.37. The van der Waals surface area contributed by atoms with Gasteiger partial charge >= 0.3 is 0 Å². The number of carbonyl (C=O) groups excluding carboxylic acids is 1. The molecular formula is C15H23N2O3+. The minimum Gasteiger partial charge on any atom is -0.497 e. The number of morpholine rings is 1. The van der Waals surface area contributed by atoms with Gasteiger partial charge in [0.05, 0.1) is 7.11 Å². The smallest absolute Gasteiger partial charge is 0.279 e. The number of quaternary nitrogens is 1. The summed E-state index contributed by atoms with van der Waals surface area (Å²) in [5, 5.41) is 2.91. The van der Waals surface area contributed by atoms with Crippen LogP contribution < -0.4 is 15.0 Å². The Bertz CT molecular complexity index is 437. The maximum atomic E-state index is 12.0. The normalized spacial score (nSPS) is 26.1. The van der Waals surface area contributed by atoms with Crippen molar-refractivity contribution in [3.63, 3.8) is 0 Å². The van der Waals surface area contributed by atoms with Gasteiger partial charge < -0.3 is 19.7 Å². The average molecular weight is 279 g/mol. The van der Waals surface area contributed by atoms with Crippen LogP contribution in [0.4, 0.5) is 5.69 Å². The Morgan fingerprint density at radius 1 is 1.30 bits per heavy atom. The van der Waals surface area contributed by atoms with Gasteiger partial charge in [-0.05, 0) is 38.1 Å². The fraction of sp³-hybridized carbons (Fsp3) is 0.533. The molecule has 0 aromatic heterocycles. The molecule has 1 aliphatic heterocycles. The molecule has 0 bridgehead atoms. The Morgan fingerprint density at radius 3 is 2.45 bits per heavy atom. The van der Waals surface area contributed by atoms with Gasteiger partial charge in [-0.2, -0.15) is 0 Å². The molecule has 5 nitrogen and oxygen atoms in total. The molecule has 2 rings (SSSR count). The van der Waals surface area contributed by atoms with E-state index in [9.17, 15) is 4.79 Å². The summed E-state index contributed by atoms with van der Waals surface area (Å²) < 4.78 is 10.8. The molecule has 1 aromatic carbocycles. The number of nitrogens with one attached hydrogen (secondary N) is 2. The van der Waals surface area contributed by atoms with Gasteiger partial charge in [0.25, 0.3) is 5.91 Å². The third-order valence-corrected chi connectivity index (χ3v) is 3.40. The van der Waals surface area contributed by atoms with Gasteiger partial charge in [0.2, 0.25) is 0 Å². The number of benzene rings is 1.